The van der Waals surface area contributed by atoms with Gasteiger partial charge in [0.2, 0.25) is 5.95 Å². The standard InChI is InChI=1S/C24H32N6O/c1-3-4-10-26-24-27-21(25)20-13-17(2)23(31)30(22(20)28-24)16-19-9-7-8-18(14-19)15-29-11-5-6-12-29/h7-9,14H,2-6,10-13,15-16H2,1H3,(H3,25,26,27,28). The Labute approximate surface area is 184 Å². The number of rotatable bonds is 8. The molecule has 31 heavy (non-hydrogen) atoms. The average Bonchev–Trinajstić information content (AvgIpc) is 3.26. The van der Waals surface area contributed by atoms with Gasteiger partial charge < -0.3 is 11.1 Å². The molecule has 1 amide bonds. The highest BCUT2D eigenvalue weighted by Crippen LogP contribution is 2.33. The molecule has 0 atom stereocenters. The third kappa shape index (κ3) is 4.88. The molecule has 0 bridgehead atoms. The molecule has 3 heterocycles. The summed E-state index contributed by atoms with van der Waals surface area (Å²) in [6.07, 6.45) is 5.03. The van der Waals surface area contributed by atoms with Crippen LogP contribution in [-0.4, -0.2) is 40.4 Å². The normalized spacial score (nSPS) is 16.6. The van der Waals surface area contributed by atoms with Crippen LogP contribution in [0.25, 0.3) is 0 Å². The van der Waals surface area contributed by atoms with Crippen molar-refractivity contribution in [2.24, 2.45) is 0 Å². The van der Waals surface area contributed by atoms with Gasteiger partial charge in [-0.25, -0.2) is 0 Å². The van der Waals surface area contributed by atoms with Crippen LogP contribution >= 0.6 is 0 Å². The summed E-state index contributed by atoms with van der Waals surface area (Å²) < 4.78 is 0. The van der Waals surface area contributed by atoms with Crippen molar-refractivity contribution < 1.29 is 4.79 Å². The van der Waals surface area contributed by atoms with E-state index < -0.39 is 0 Å². The third-order valence-electron chi connectivity index (χ3n) is 5.96. The van der Waals surface area contributed by atoms with Crippen LogP contribution in [0.4, 0.5) is 17.6 Å². The topological polar surface area (TPSA) is 87.4 Å². The fourth-order valence-electron chi connectivity index (χ4n) is 4.27. The van der Waals surface area contributed by atoms with Gasteiger partial charge in [0, 0.05) is 30.6 Å². The van der Waals surface area contributed by atoms with Crippen LogP contribution in [-0.2, 0) is 24.3 Å². The molecule has 0 saturated carbocycles. The van der Waals surface area contributed by atoms with Crippen molar-refractivity contribution in [1.82, 2.24) is 14.9 Å². The van der Waals surface area contributed by atoms with E-state index in [9.17, 15) is 4.79 Å². The number of nitrogens with two attached hydrogens (primary N) is 1. The highest BCUT2D eigenvalue weighted by atomic mass is 16.2. The van der Waals surface area contributed by atoms with Crippen molar-refractivity contribution in [2.75, 3.05) is 35.6 Å². The van der Waals surface area contributed by atoms with Crippen molar-refractivity contribution in [3.8, 4) is 0 Å². The SMILES string of the molecule is C=C1Cc2c(N)nc(NCCCC)nc2N(Cc2cccc(CN3CCCC3)c2)C1=O. The fraction of sp³-hybridized carbons (Fsp3) is 0.458. The maximum Gasteiger partial charge on any atom is 0.255 e. The van der Waals surface area contributed by atoms with E-state index in [1.54, 1.807) is 4.90 Å². The van der Waals surface area contributed by atoms with E-state index in [-0.39, 0.29) is 5.91 Å². The second-order valence-corrected chi connectivity index (χ2v) is 8.49. The van der Waals surface area contributed by atoms with Gasteiger partial charge in [-0.05, 0) is 43.5 Å². The van der Waals surface area contributed by atoms with Crippen molar-refractivity contribution >= 4 is 23.5 Å². The number of nitrogen functional groups attached to an aromatic ring is 1. The van der Waals surface area contributed by atoms with Gasteiger partial charge in [0.05, 0.1) is 6.54 Å². The van der Waals surface area contributed by atoms with E-state index >= 15 is 0 Å². The molecule has 1 aromatic heterocycles. The molecule has 0 spiro atoms. The molecular formula is C24H32N6O. The molecule has 0 radical (unpaired) electrons. The monoisotopic (exact) mass is 420 g/mol. The van der Waals surface area contributed by atoms with Crippen molar-refractivity contribution in [2.45, 2.75) is 52.1 Å². The number of hydrogen-bond acceptors (Lipinski definition) is 6. The van der Waals surface area contributed by atoms with Crippen LogP contribution in [0.1, 0.15) is 49.3 Å². The van der Waals surface area contributed by atoms with E-state index in [4.69, 9.17) is 5.73 Å². The zero-order valence-corrected chi connectivity index (χ0v) is 18.4. The third-order valence-corrected chi connectivity index (χ3v) is 5.96. The van der Waals surface area contributed by atoms with Gasteiger partial charge in [-0.15, -0.1) is 0 Å². The van der Waals surface area contributed by atoms with Gasteiger partial charge in [-0.3, -0.25) is 14.6 Å². The summed E-state index contributed by atoms with van der Waals surface area (Å²) in [6, 6.07) is 8.47. The van der Waals surface area contributed by atoms with E-state index in [0.29, 0.717) is 36.1 Å². The van der Waals surface area contributed by atoms with Gasteiger partial charge in [0.15, 0.2) is 0 Å². The first-order valence-electron chi connectivity index (χ1n) is 11.2. The fourth-order valence-corrected chi connectivity index (χ4v) is 4.27. The maximum atomic E-state index is 13.0. The maximum absolute atomic E-state index is 13.0. The molecule has 2 aromatic rings. The lowest BCUT2D eigenvalue weighted by Crippen LogP contribution is -2.37. The van der Waals surface area contributed by atoms with E-state index in [2.05, 4.69) is 58.0 Å². The number of unbranched alkanes of at least 4 members (excludes halogenated alkanes) is 1. The number of amides is 1. The highest BCUT2D eigenvalue weighted by molar-refractivity contribution is 6.08. The first kappa shape index (κ1) is 21.3. The summed E-state index contributed by atoms with van der Waals surface area (Å²) in [5, 5.41) is 3.23. The molecule has 0 unspecified atom stereocenters. The Morgan fingerprint density at radius 2 is 1.90 bits per heavy atom. The zero-order valence-electron chi connectivity index (χ0n) is 18.4. The van der Waals surface area contributed by atoms with Crippen LogP contribution in [0, 0.1) is 0 Å². The Kier molecular flexibility index (Phi) is 6.51. The molecule has 1 fully saturated rings. The average molecular weight is 421 g/mol. The Balaban J connectivity index is 1.59. The summed E-state index contributed by atoms with van der Waals surface area (Å²) >= 11 is 0. The Hall–Kier alpha value is -2.93. The van der Waals surface area contributed by atoms with Gasteiger partial charge in [0.1, 0.15) is 11.6 Å². The van der Waals surface area contributed by atoms with Crippen molar-refractivity contribution in [1.29, 1.82) is 0 Å². The van der Waals surface area contributed by atoms with Gasteiger partial charge in [-0.1, -0.05) is 44.2 Å². The zero-order chi connectivity index (χ0) is 21.8. The molecule has 1 saturated heterocycles. The Morgan fingerprint density at radius 1 is 1.16 bits per heavy atom. The number of fused-ring (bicyclic) bond motifs is 1. The molecule has 2 aliphatic heterocycles. The first-order chi connectivity index (χ1) is 15.0. The minimum Gasteiger partial charge on any atom is -0.383 e. The van der Waals surface area contributed by atoms with Crippen LogP contribution in [0.3, 0.4) is 0 Å². The van der Waals surface area contributed by atoms with Crippen molar-refractivity contribution in [3.05, 3.63) is 53.1 Å². The number of aromatic nitrogens is 2. The molecule has 2 aliphatic rings. The predicted molar refractivity (Wildman–Crippen MR) is 125 cm³/mol. The molecule has 0 aliphatic carbocycles. The molecule has 3 N–H and O–H groups in total. The quantitative estimate of drug-likeness (QED) is 0.502. The number of hydrogen-bond donors (Lipinski definition) is 2. The summed E-state index contributed by atoms with van der Waals surface area (Å²) in [5.41, 5.74) is 9.89. The number of nitrogens with one attached hydrogen (secondary N) is 1. The van der Waals surface area contributed by atoms with Crippen LogP contribution < -0.4 is 16.0 Å². The van der Waals surface area contributed by atoms with Crippen molar-refractivity contribution in [3.63, 3.8) is 0 Å². The lowest BCUT2D eigenvalue weighted by atomic mass is 10.00. The van der Waals surface area contributed by atoms with Crippen LogP contribution in [0.15, 0.2) is 36.4 Å². The van der Waals surface area contributed by atoms with Gasteiger partial charge in [-0.2, -0.15) is 9.97 Å². The minimum absolute atomic E-state index is 0.102. The second-order valence-electron chi connectivity index (χ2n) is 8.49. The number of carbonyl (C=O) groups excluding carboxylic acids is 1. The summed E-state index contributed by atoms with van der Waals surface area (Å²) in [4.78, 5) is 26.3. The number of carbonyl (C=O) groups is 1. The van der Waals surface area contributed by atoms with E-state index in [1.807, 2.05) is 0 Å². The molecule has 1 aromatic carbocycles. The lowest BCUT2D eigenvalue weighted by Gasteiger charge is -2.30. The number of anilines is 3. The summed E-state index contributed by atoms with van der Waals surface area (Å²) in [5.74, 6) is 1.37. The van der Waals surface area contributed by atoms with Gasteiger partial charge in [0.25, 0.3) is 5.91 Å². The molecule has 4 rings (SSSR count). The largest absolute Gasteiger partial charge is 0.383 e. The molecule has 164 valence electrons. The number of nitrogens with zero attached hydrogens (tertiary/aromatic N) is 4. The molecular weight excluding hydrogens is 388 g/mol. The highest BCUT2D eigenvalue weighted by Gasteiger charge is 2.31. The van der Waals surface area contributed by atoms with E-state index in [1.165, 1.54) is 18.4 Å². The minimum atomic E-state index is -0.102. The second kappa shape index (κ2) is 9.47. The number of benzene rings is 1. The van der Waals surface area contributed by atoms with Crippen LogP contribution in [0.2, 0.25) is 0 Å². The number of likely N-dealkylation sites (tertiary alicyclic amines) is 1. The first-order valence-corrected chi connectivity index (χ1v) is 11.2. The lowest BCUT2D eigenvalue weighted by molar-refractivity contribution is -0.115. The molecule has 7 heteroatoms. The molecule has 7 nitrogen and oxygen atoms in total. The van der Waals surface area contributed by atoms with Crippen LogP contribution in [0.5, 0.6) is 0 Å². The Bertz CT molecular complexity index is 967. The summed E-state index contributed by atoms with van der Waals surface area (Å²) in [7, 11) is 0. The Morgan fingerprint density at radius 3 is 2.65 bits per heavy atom. The summed E-state index contributed by atoms with van der Waals surface area (Å²) in [6.45, 7) is 10.6. The van der Waals surface area contributed by atoms with E-state index in [0.717, 1.165) is 50.1 Å². The van der Waals surface area contributed by atoms with Gasteiger partial charge >= 0.3 is 0 Å². The predicted octanol–water partition coefficient (Wildman–Crippen LogP) is 3.51. The smallest absolute Gasteiger partial charge is 0.255 e.